The second-order valence-electron chi connectivity index (χ2n) is 4.66. The fourth-order valence-corrected chi connectivity index (χ4v) is 2.61. The van der Waals surface area contributed by atoms with Gasteiger partial charge in [-0.05, 0) is 17.2 Å². The van der Waals surface area contributed by atoms with E-state index in [1.54, 1.807) is 0 Å². The normalized spacial score (nSPS) is 12.4. The van der Waals surface area contributed by atoms with E-state index in [0.29, 0.717) is 6.42 Å². The first kappa shape index (κ1) is 11.7. The van der Waals surface area contributed by atoms with Crippen molar-refractivity contribution >= 4 is 17.2 Å². The molecule has 0 aliphatic rings. The van der Waals surface area contributed by atoms with Gasteiger partial charge in [-0.15, -0.1) is 0 Å². The van der Waals surface area contributed by atoms with E-state index in [0.717, 1.165) is 11.8 Å². The van der Waals surface area contributed by atoms with Gasteiger partial charge < -0.3 is 9.78 Å². The Morgan fingerprint density at radius 3 is 2.53 bits per heavy atom. The third-order valence-electron chi connectivity index (χ3n) is 3.53. The summed E-state index contributed by atoms with van der Waals surface area (Å²) >= 11 is 0. The number of carbonyl (C=O) groups excluding carboxylic acids is 1. The molecule has 0 aliphatic carbocycles. The maximum Gasteiger partial charge on any atom is 0.120 e. The molecular formula is C17H15NO. The first-order valence-corrected chi connectivity index (χ1v) is 6.44. The van der Waals surface area contributed by atoms with Gasteiger partial charge in [-0.2, -0.15) is 0 Å². The largest absolute Gasteiger partial charge is 0.361 e. The molecule has 0 fully saturated rings. The van der Waals surface area contributed by atoms with Crippen molar-refractivity contribution in [2.75, 3.05) is 0 Å². The van der Waals surface area contributed by atoms with Crippen LogP contribution >= 0.6 is 0 Å². The zero-order chi connectivity index (χ0) is 13.1. The summed E-state index contributed by atoms with van der Waals surface area (Å²) in [4.78, 5) is 14.3. The average Bonchev–Trinajstić information content (AvgIpc) is 2.89. The van der Waals surface area contributed by atoms with Crippen molar-refractivity contribution in [2.45, 2.75) is 12.3 Å². The highest BCUT2D eigenvalue weighted by atomic mass is 16.1. The maximum atomic E-state index is 11.0. The Hall–Kier alpha value is -2.35. The number of H-pyrrole nitrogens is 1. The molecule has 0 aliphatic heterocycles. The molecule has 1 N–H and O–H groups in total. The van der Waals surface area contributed by atoms with E-state index in [2.05, 4.69) is 29.2 Å². The highest BCUT2D eigenvalue weighted by Crippen LogP contribution is 2.32. The van der Waals surface area contributed by atoms with Crippen molar-refractivity contribution in [1.82, 2.24) is 4.98 Å². The topological polar surface area (TPSA) is 32.9 Å². The van der Waals surface area contributed by atoms with Gasteiger partial charge in [-0.1, -0.05) is 48.5 Å². The minimum atomic E-state index is 0.120. The molecule has 0 saturated heterocycles. The first-order valence-electron chi connectivity index (χ1n) is 6.44. The average molecular weight is 249 g/mol. The molecule has 0 unspecified atom stereocenters. The van der Waals surface area contributed by atoms with Crippen molar-refractivity contribution < 1.29 is 4.79 Å². The monoisotopic (exact) mass is 249 g/mol. The minimum absolute atomic E-state index is 0.120. The molecule has 0 amide bonds. The summed E-state index contributed by atoms with van der Waals surface area (Å²) in [5.74, 6) is 0.120. The molecule has 2 aromatic carbocycles. The van der Waals surface area contributed by atoms with Gasteiger partial charge in [-0.3, -0.25) is 0 Å². The van der Waals surface area contributed by atoms with Crippen LogP contribution in [0.3, 0.4) is 0 Å². The van der Waals surface area contributed by atoms with E-state index in [1.807, 2.05) is 36.5 Å². The molecule has 0 saturated carbocycles. The van der Waals surface area contributed by atoms with Gasteiger partial charge in [0.1, 0.15) is 6.29 Å². The molecule has 1 atom stereocenters. The second-order valence-corrected chi connectivity index (χ2v) is 4.66. The highest BCUT2D eigenvalue weighted by Gasteiger charge is 2.17. The quantitative estimate of drug-likeness (QED) is 0.699. The number of aldehydes is 1. The second kappa shape index (κ2) is 5.11. The Kier molecular flexibility index (Phi) is 3.15. The van der Waals surface area contributed by atoms with Gasteiger partial charge in [0.25, 0.3) is 0 Å². The molecule has 3 rings (SSSR count). The number of para-hydroxylation sites is 1. The van der Waals surface area contributed by atoms with Gasteiger partial charge in [0.2, 0.25) is 0 Å². The smallest absolute Gasteiger partial charge is 0.120 e. The SMILES string of the molecule is O=CC[C@@H](c1ccccc1)c1c[nH]c2ccccc12. The zero-order valence-corrected chi connectivity index (χ0v) is 10.5. The lowest BCUT2D eigenvalue weighted by atomic mass is 9.89. The number of fused-ring (bicyclic) bond motifs is 1. The number of aromatic nitrogens is 1. The fraction of sp³-hybridized carbons (Fsp3) is 0.118. The number of nitrogens with one attached hydrogen (secondary N) is 1. The number of rotatable bonds is 4. The number of aromatic amines is 1. The highest BCUT2D eigenvalue weighted by molar-refractivity contribution is 5.84. The lowest BCUT2D eigenvalue weighted by molar-refractivity contribution is -0.108. The van der Waals surface area contributed by atoms with Crippen molar-refractivity contribution in [3.63, 3.8) is 0 Å². The van der Waals surface area contributed by atoms with Crippen LogP contribution in [0, 0.1) is 0 Å². The summed E-state index contributed by atoms with van der Waals surface area (Å²) in [7, 11) is 0. The Labute approximate surface area is 112 Å². The van der Waals surface area contributed by atoms with E-state index in [1.165, 1.54) is 16.5 Å². The minimum Gasteiger partial charge on any atom is -0.361 e. The molecule has 0 spiro atoms. The van der Waals surface area contributed by atoms with Crippen LogP contribution < -0.4 is 0 Å². The van der Waals surface area contributed by atoms with E-state index in [4.69, 9.17) is 0 Å². The van der Waals surface area contributed by atoms with Crippen LogP contribution in [-0.4, -0.2) is 11.3 Å². The molecular weight excluding hydrogens is 234 g/mol. The fourth-order valence-electron chi connectivity index (χ4n) is 2.61. The molecule has 3 aromatic rings. The summed E-state index contributed by atoms with van der Waals surface area (Å²) in [5, 5.41) is 1.19. The third-order valence-corrected chi connectivity index (χ3v) is 3.53. The molecule has 19 heavy (non-hydrogen) atoms. The number of hydrogen-bond donors (Lipinski definition) is 1. The van der Waals surface area contributed by atoms with Crippen LogP contribution in [0.25, 0.3) is 10.9 Å². The summed E-state index contributed by atoms with van der Waals surface area (Å²) in [6.45, 7) is 0. The number of benzene rings is 2. The molecule has 1 heterocycles. The molecule has 0 radical (unpaired) electrons. The number of hydrogen-bond acceptors (Lipinski definition) is 1. The van der Waals surface area contributed by atoms with Gasteiger partial charge in [0, 0.05) is 29.4 Å². The van der Waals surface area contributed by atoms with E-state index < -0.39 is 0 Å². The van der Waals surface area contributed by atoms with Gasteiger partial charge in [-0.25, -0.2) is 0 Å². The predicted octanol–water partition coefficient (Wildman–Crippen LogP) is 3.89. The Bertz CT molecular complexity index is 685. The summed E-state index contributed by atoms with van der Waals surface area (Å²) in [6, 6.07) is 18.4. The predicted molar refractivity (Wildman–Crippen MR) is 77.3 cm³/mol. The Morgan fingerprint density at radius 1 is 1.00 bits per heavy atom. The van der Waals surface area contributed by atoms with Crippen LogP contribution in [0.15, 0.2) is 60.8 Å². The van der Waals surface area contributed by atoms with Crippen LogP contribution in [0.5, 0.6) is 0 Å². The van der Waals surface area contributed by atoms with Crippen LogP contribution in [-0.2, 0) is 4.79 Å². The molecule has 2 heteroatoms. The summed E-state index contributed by atoms with van der Waals surface area (Å²) in [6.07, 6.45) is 3.52. The lowest BCUT2D eigenvalue weighted by Gasteiger charge is -2.14. The van der Waals surface area contributed by atoms with E-state index in [-0.39, 0.29) is 5.92 Å². The zero-order valence-electron chi connectivity index (χ0n) is 10.5. The summed E-state index contributed by atoms with van der Waals surface area (Å²) in [5.41, 5.74) is 3.48. The molecule has 2 nitrogen and oxygen atoms in total. The van der Waals surface area contributed by atoms with Crippen molar-refractivity contribution in [2.24, 2.45) is 0 Å². The molecule has 94 valence electrons. The standard InChI is InChI=1S/C17H15NO/c19-11-10-14(13-6-2-1-3-7-13)16-12-18-17-9-5-4-8-15(16)17/h1-9,11-12,14,18H,10H2/t14-/m0/s1. The third kappa shape index (κ3) is 2.17. The van der Waals surface area contributed by atoms with Gasteiger partial charge >= 0.3 is 0 Å². The Morgan fingerprint density at radius 2 is 1.74 bits per heavy atom. The Balaban J connectivity index is 2.12. The number of carbonyl (C=O) groups is 1. The van der Waals surface area contributed by atoms with Gasteiger partial charge in [0.05, 0.1) is 0 Å². The lowest BCUT2D eigenvalue weighted by Crippen LogP contribution is -2.01. The van der Waals surface area contributed by atoms with Crippen LogP contribution in [0.4, 0.5) is 0 Å². The van der Waals surface area contributed by atoms with E-state index >= 15 is 0 Å². The van der Waals surface area contributed by atoms with Gasteiger partial charge in [0.15, 0.2) is 0 Å². The van der Waals surface area contributed by atoms with Crippen molar-refractivity contribution in [1.29, 1.82) is 0 Å². The molecule has 1 aromatic heterocycles. The van der Waals surface area contributed by atoms with Crippen LogP contribution in [0.2, 0.25) is 0 Å². The summed E-state index contributed by atoms with van der Waals surface area (Å²) < 4.78 is 0. The first-order chi connectivity index (χ1) is 9.40. The van der Waals surface area contributed by atoms with Crippen molar-refractivity contribution in [3.05, 3.63) is 71.9 Å². The maximum absolute atomic E-state index is 11.0. The molecule has 0 bridgehead atoms. The van der Waals surface area contributed by atoms with Crippen molar-refractivity contribution in [3.8, 4) is 0 Å². The van der Waals surface area contributed by atoms with E-state index in [9.17, 15) is 4.79 Å². The van der Waals surface area contributed by atoms with Crippen LogP contribution in [0.1, 0.15) is 23.5 Å².